The highest BCUT2D eigenvalue weighted by molar-refractivity contribution is 4.81. The van der Waals surface area contributed by atoms with Crippen LogP contribution in [0.5, 0.6) is 0 Å². The molecule has 0 radical (unpaired) electrons. The van der Waals surface area contributed by atoms with Crippen molar-refractivity contribution in [3.05, 3.63) is 0 Å². The van der Waals surface area contributed by atoms with Crippen molar-refractivity contribution in [2.45, 2.75) is 25.5 Å². The Balaban J connectivity index is 3.91. The van der Waals surface area contributed by atoms with E-state index in [-0.39, 0.29) is 5.54 Å². The summed E-state index contributed by atoms with van der Waals surface area (Å²) in [7, 11) is 3.53. The lowest BCUT2D eigenvalue weighted by molar-refractivity contribution is 0.0214. The number of likely N-dealkylation sites (N-methyl/N-ethyl adjacent to an activating group) is 1. The van der Waals surface area contributed by atoms with Crippen LogP contribution in [0.25, 0.3) is 0 Å². The summed E-state index contributed by atoms with van der Waals surface area (Å²) >= 11 is 0. The van der Waals surface area contributed by atoms with Gasteiger partial charge in [0.25, 0.3) is 0 Å². The van der Waals surface area contributed by atoms with Gasteiger partial charge in [-0.3, -0.25) is 4.90 Å². The van der Waals surface area contributed by atoms with Gasteiger partial charge in [-0.25, -0.2) is 0 Å². The van der Waals surface area contributed by atoms with Gasteiger partial charge in [-0.05, 0) is 20.9 Å². The summed E-state index contributed by atoms with van der Waals surface area (Å²) in [4.78, 5) is 2.04. The van der Waals surface area contributed by atoms with Gasteiger partial charge in [-0.1, -0.05) is 0 Å². The van der Waals surface area contributed by atoms with Gasteiger partial charge in [0.1, 0.15) is 0 Å². The van der Waals surface area contributed by atoms with Gasteiger partial charge in [0.15, 0.2) is 0 Å². The highest BCUT2D eigenvalue weighted by atomic mass is 16.5. The molecule has 0 aromatic heterocycles. The van der Waals surface area contributed by atoms with Crippen molar-refractivity contribution < 1.29 is 9.84 Å². The third kappa shape index (κ3) is 4.57. The maximum Gasteiger partial charge on any atom is 0.0900 e. The second-order valence-electron chi connectivity index (χ2n) is 4.01. The van der Waals surface area contributed by atoms with Gasteiger partial charge in [0, 0.05) is 25.7 Å². The molecule has 0 aliphatic carbocycles. The van der Waals surface area contributed by atoms with Crippen molar-refractivity contribution in [3.8, 4) is 0 Å². The summed E-state index contributed by atoms with van der Waals surface area (Å²) in [6.45, 7) is 5.62. The Morgan fingerprint density at radius 3 is 2.46 bits per heavy atom. The van der Waals surface area contributed by atoms with Gasteiger partial charge in [-0.15, -0.1) is 0 Å². The molecule has 0 amide bonds. The Bertz CT molecular complexity index is 140. The van der Waals surface area contributed by atoms with E-state index >= 15 is 0 Å². The van der Waals surface area contributed by atoms with Crippen LogP contribution in [-0.2, 0) is 4.74 Å². The minimum absolute atomic E-state index is 0.0747. The number of rotatable bonds is 6. The minimum Gasteiger partial charge on any atom is -0.389 e. The van der Waals surface area contributed by atoms with Gasteiger partial charge in [-0.2, -0.15) is 0 Å². The summed E-state index contributed by atoms with van der Waals surface area (Å²) in [5.41, 5.74) is 5.53. The van der Waals surface area contributed by atoms with Crippen LogP contribution in [0.1, 0.15) is 13.8 Å². The van der Waals surface area contributed by atoms with Gasteiger partial charge in [0.2, 0.25) is 0 Å². The van der Waals surface area contributed by atoms with Crippen molar-refractivity contribution in [2.75, 3.05) is 33.9 Å². The van der Waals surface area contributed by atoms with E-state index in [9.17, 15) is 5.11 Å². The normalized spacial score (nSPS) is 15.0. The molecule has 0 heterocycles. The third-order valence-corrected chi connectivity index (χ3v) is 2.38. The molecule has 13 heavy (non-hydrogen) atoms. The lowest BCUT2D eigenvalue weighted by Gasteiger charge is -2.35. The molecule has 1 unspecified atom stereocenters. The van der Waals surface area contributed by atoms with Crippen LogP contribution in [0.3, 0.4) is 0 Å². The van der Waals surface area contributed by atoms with Gasteiger partial charge >= 0.3 is 0 Å². The first-order valence-corrected chi connectivity index (χ1v) is 4.52. The average molecular weight is 190 g/mol. The van der Waals surface area contributed by atoms with E-state index in [0.717, 1.165) is 0 Å². The summed E-state index contributed by atoms with van der Waals surface area (Å²) in [6.07, 6.45) is -0.444. The molecule has 0 aliphatic rings. The van der Waals surface area contributed by atoms with Crippen LogP contribution in [0.4, 0.5) is 0 Å². The molecular formula is C9H22N2O2. The minimum atomic E-state index is -0.444. The Labute approximate surface area is 80.7 Å². The van der Waals surface area contributed by atoms with Crippen molar-refractivity contribution in [1.29, 1.82) is 0 Å². The molecule has 0 rings (SSSR count). The van der Waals surface area contributed by atoms with E-state index in [1.54, 1.807) is 7.11 Å². The maximum atomic E-state index is 9.47. The molecule has 0 saturated heterocycles. The number of nitrogens with two attached hydrogens (primary N) is 1. The van der Waals surface area contributed by atoms with E-state index < -0.39 is 6.10 Å². The first kappa shape index (κ1) is 12.8. The van der Waals surface area contributed by atoms with E-state index in [1.807, 2.05) is 25.8 Å². The Kier molecular flexibility index (Phi) is 5.48. The molecule has 0 aliphatic heterocycles. The van der Waals surface area contributed by atoms with Crippen LogP contribution >= 0.6 is 0 Å². The lowest BCUT2D eigenvalue weighted by atomic mass is 10.0. The molecule has 0 saturated carbocycles. The molecule has 0 fully saturated rings. The maximum absolute atomic E-state index is 9.47. The zero-order chi connectivity index (χ0) is 10.5. The number of hydrogen-bond acceptors (Lipinski definition) is 4. The van der Waals surface area contributed by atoms with Crippen molar-refractivity contribution in [3.63, 3.8) is 0 Å². The van der Waals surface area contributed by atoms with E-state index in [4.69, 9.17) is 10.5 Å². The predicted molar refractivity (Wildman–Crippen MR) is 53.6 cm³/mol. The van der Waals surface area contributed by atoms with Gasteiger partial charge in [0.05, 0.1) is 12.7 Å². The quantitative estimate of drug-likeness (QED) is 0.602. The fourth-order valence-corrected chi connectivity index (χ4v) is 0.964. The molecule has 0 spiro atoms. The molecule has 0 aromatic carbocycles. The fraction of sp³-hybridized carbons (Fsp3) is 1.00. The lowest BCUT2D eigenvalue weighted by Crippen LogP contribution is -2.50. The number of nitrogens with zero attached hydrogens (tertiary/aromatic N) is 1. The van der Waals surface area contributed by atoms with Gasteiger partial charge < -0.3 is 15.6 Å². The topological polar surface area (TPSA) is 58.7 Å². The van der Waals surface area contributed by atoms with E-state index in [1.165, 1.54) is 0 Å². The number of aliphatic hydroxyl groups excluding tert-OH is 1. The molecule has 3 N–H and O–H groups in total. The third-order valence-electron chi connectivity index (χ3n) is 2.38. The molecule has 0 bridgehead atoms. The molecule has 0 aromatic rings. The smallest absolute Gasteiger partial charge is 0.0900 e. The summed E-state index contributed by atoms with van der Waals surface area (Å²) in [5, 5.41) is 9.47. The average Bonchev–Trinajstić information content (AvgIpc) is 2.04. The number of β-amino-alcohol motifs (C(OH)–C–C–N with tert-alkyl or cyclic N) is 1. The molecular weight excluding hydrogens is 168 g/mol. The highest BCUT2D eigenvalue weighted by Gasteiger charge is 2.23. The highest BCUT2D eigenvalue weighted by Crippen LogP contribution is 2.10. The van der Waals surface area contributed by atoms with Crippen LogP contribution in [0, 0.1) is 0 Å². The van der Waals surface area contributed by atoms with Crippen molar-refractivity contribution >= 4 is 0 Å². The fourth-order valence-electron chi connectivity index (χ4n) is 0.964. The Hall–Kier alpha value is -0.160. The van der Waals surface area contributed by atoms with Crippen molar-refractivity contribution in [2.24, 2.45) is 5.73 Å². The van der Waals surface area contributed by atoms with Crippen LogP contribution < -0.4 is 5.73 Å². The monoisotopic (exact) mass is 190 g/mol. The zero-order valence-corrected chi connectivity index (χ0v) is 9.08. The number of ether oxygens (including phenoxy) is 1. The summed E-state index contributed by atoms with van der Waals surface area (Å²) in [6, 6.07) is 0. The van der Waals surface area contributed by atoms with Crippen molar-refractivity contribution in [1.82, 2.24) is 4.90 Å². The molecule has 4 heteroatoms. The summed E-state index contributed by atoms with van der Waals surface area (Å²) < 4.78 is 4.84. The number of aliphatic hydroxyl groups is 1. The molecule has 1 atom stereocenters. The second-order valence-corrected chi connectivity index (χ2v) is 4.01. The van der Waals surface area contributed by atoms with E-state index in [0.29, 0.717) is 19.7 Å². The number of hydrogen-bond donors (Lipinski definition) is 2. The zero-order valence-electron chi connectivity index (χ0n) is 9.08. The van der Waals surface area contributed by atoms with Crippen LogP contribution in [-0.4, -0.2) is 55.5 Å². The van der Waals surface area contributed by atoms with E-state index in [2.05, 4.69) is 0 Å². The summed E-state index contributed by atoms with van der Waals surface area (Å²) in [5.74, 6) is 0. The first-order valence-electron chi connectivity index (χ1n) is 4.52. The number of methoxy groups -OCH3 is 1. The van der Waals surface area contributed by atoms with Crippen LogP contribution in [0.15, 0.2) is 0 Å². The SMILES string of the molecule is COCC(O)CN(C)C(C)(C)CN. The second kappa shape index (κ2) is 5.54. The van der Waals surface area contributed by atoms with Crippen LogP contribution in [0.2, 0.25) is 0 Å². The predicted octanol–water partition coefficient (Wildman–Crippen LogP) is -0.337. The molecule has 4 nitrogen and oxygen atoms in total. The Morgan fingerprint density at radius 1 is 1.54 bits per heavy atom. The Morgan fingerprint density at radius 2 is 2.08 bits per heavy atom. The molecule has 80 valence electrons. The standard InChI is InChI=1S/C9H22N2O2/c1-9(2,7-10)11(3)5-8(12)6-13-4/h8,12H,5-7,10H2,1-4H3. The largest absolute Gasteiger partial charge is 0.389 e. The first-order chi connectivity index (χ1) is 5.94.